The molecule has 6 atom stereocenters. The van der Waals surface area contributed by atoms with E-state index < -0.39 is 0 Å². The summed E-state index contributed by atoms with van der Waals surface area (Å²) in [7, 11) is 0. The molecule has 3 fully saturated rings. The molecular formula is C29H37IO3. The molecule has 0 bridgehead atoms. The normalized spacial score (nSPS) is 46.8. The van der Waals surface area contributed by atoms with Crippen molar-refractivity contribution < 1.29 is 14.7 Å². The Morgan fingerprint density at radius 2 is 1.67 bits per heavy atom. The summed E-state index contributed by atoms with van der Waals surface area (Å²) in [5.74, 6) is 0.126. The molecule has 0 aromatic heterocycles. The molecule has 0 saturated heterocycles. The van der Waals surface area contributed by atoms with Gasteiger partial charge in [0.25, 0.3) is 0 Å². The van der Waals surface area contributed by atoms with Gasteiger partial charge in [-0.3, -0.25) is 9.59 Å². The Balaban J connectivity index is 1.64. The fourth-order valence-corrected chi connectivity index (χ4v) is 9.13. The van der Waals surface area contributed by atoms with Gasteiger partial charge in [-0.1, -0.05) is 52.3 Å². The SMILES string of the molecule is CC1=C(O)C(=O)C=C2C1=CC=C1C2(C)CCC2(C)C3CC(C)(C(=O)I)CCC3(C)CCC12C. The summed E-state index contributed by atoms with van der Waals surface area (Å²) in [6.45, 7) is 13.8. The van der Waals surface area contributed by atoms with Crippen LogP contribution in [0.4, 0.5) is 0 Å². The Labute approximate surface area is 212 Å². The number of allylic oxidation sites excluding steroid dienone is 7. The van der Waals surface area contributed by atoms with Crippen molar-refractivity contribution in [2.45, 2.75) is 86.5 Å². The molecule has 5 rings (SSSR count). The number of fused-ring (bicyclic) bond motifs is 7. The quantitative estimate of drug-likeness (QED) is 0.266. The molecule has 5 aliphatic rings. The molecule has 33 heavy (non-hydrogen) atoms. The number of hydrogen-bond acceptors (Lipinski definition) is 3. The number of rotatable bonds is 1. The number of hydrogen-bond donors (Lipinski definition) is 1. The van der Waals surface area contributed by atoms with Crippen LogP contribution in [-0.2, 0) is 9.59 Å². The van der Waals surface area contributed by atoms with Gasteiger partial charge in [-0.05, 0) is 91.3 Å². The highest BCUT2D eigenvalue weighted by Crippen LogP contribution is 2.75. The number of carbonyl (C=O) groups excluding carboxylic acids is 2. The van der Waals surface area contributed by atoms with Crippen LogP contribution in [0.2, 0.25) is 0 Å². The molecule has 0 aliphatic heterocycles. The lowest BCUT2D eigenvalue weighted by Crippen LogP contribution is -2.62. The first-order chi connectivity index (χ1) is 15.2. The molecule has 178 valence electrons. The molecule has 3 nitrogen and oxygen atoms in total. The summed E-state index contributed by atoms with van der Waals surface area (Å²) in [6.07, 6.45) is 13.7. The summed E-state index contributed by atoms with van der Waals surface area (Å²) in [5, 5.41) is 10.3. The maximum absolute atomic E-state index is 12.7. The first-order valence-corrected chi connectivity index (χ1v) is 13.6. The van der Waals surface area contributed by atoms with Crippen LogP contribution in [0.3, 0.4) is 0 Å². The van der Waals surface area contributed by atoms with Crippen LogP contribution in [0, 0.1) is 33.0 Å². The maximum atomic E-state index is 12.7. The van der Waals surface area contributed by atoms with E-state index in [9.17, 15) is 14.7 Å². The van der Waals surface area contributed by atoms with E-state index in [1.807, 2.05) is 29.5 Å². The Hall–Kier alpha value is -1.17. The monoisotopic (exact) mass is 560 g/mol. The van der Waals surface area contributed by atoms with Crippen molar-refractivity contribution in [3.8, 4) is 0 Å². The predicted octanol–water partition coefficient (Wildman–Crippen LogP) is 7.57. The summed E-state index contributed by atoms with van der Waals surface area (Å²) < 4.78 is 0.316. The van der Waals surface area contributed by atoms with Crippen molar-refractivity contribution in [1.29, 1.82) is 0 Å². The Bertz CT molecular complexity index is 1110. The third-order valence-electron chi connectivity index (χ3n) is 11.3. The van der Waals surface area contributed by atoms with Crippen molar-refractivity contribution >= 4 is 32.2 Å². The number of aliphatic hydroxyl groups is 1. The van der Waals surface area contributed by atoms with Crippen LogP contribution in [0.1, 0.15) is 86.5 Å². The van der Waals surface area contributed by atoms with Crippen LogP contribution in [0.15, 0.2) is 46.3 Å². The van der Waals surface area contributed by atoms with Crippen molar-refractivity contribution in [3.63, 3.8) is 0 Å². The number of ketones is 1. The van der Waals surface area contributed by atoms with E-state index in [0.29, 0.717) is 15.3 Å². The molecule has 0 heterocycles. The largest absolute Gasteiger partial charge is 0.504 e. The molecule has 0 amide bonds. The molecule has 3 saturated carbocycles. The lowest BCUT2D eigenvalue weighted by molar-refractivity contribution is -0.164. The number of carbonyl (C=O) groups is 2. The fourth-order valence-electron chi connectivity index (χ4n) is 8.64. The van der Waals surface area contributed by atoms with Crippen LogP contribution in [-0.4, -0.2) is 14.7 Å². The molecule has 0 aromatic rings. The zero-order valence-electron chi connectivity index (χ0n) is 20.9. The van der Waals surface area contributed by atoms with Crippen molar-refractivity contribution in [2.75, 3.05) is 0 Å². The van der Waals surface area contributed by atoms with Gasteiger partial charge in [-0.15, -0.1) is 0 Å². The van der Waals surface area contributed by atoms with Gasteiger partial charge in [0, 0.05) is 39.0 Å². The van der Waals surface area contributed by atoms with Crippen LogP contribution in [0.25, 0.3) is 0 Å². The minimum absolute atomic E-state index is 0.0137. The Morgan fingerprint density at radius 3 is 2.33 bits per heavy atom. The van der Waals surface area contributed by atoms with Crippen molar-refractivity contribution in [1.82, 2.24) is 0 Å². The van der Waals surface area contributed by atoms with Crippen molar-refractivity contribution in [3.05, 3.63) is 46.3 Å². The first-order valence-electron chi connectivity index (χ1n) is 12.5. The second-order valence-electron chi connectivity index (χ2n) is 12.9. The van der Waals surface area contributed by atoms with E-state index in [0.717, 1.165) is 49.7 Å². The van der Waals surface area contributed by atoms with Crippen LogP contribution < -0.4 is 0 Å². The van der Waals surface area contributed by atoms with Crippen LogP contribution in [0.5, 0.6) is 0 Å². The Morgan fingerprint density at radius 1 is 1.00 bits per heavy atom. The fraction of sp³-hybridized carbons (Fsp3) is 0.655. The van der Waals surface area contributed by atoms with E-state index in [-0.39, 0.29) is 38.6 Å². The van der Waals surface area contributed by atoms with Gasteiger partial charge < -0.3 is 5.11 Å². The van der Waals surface area contributed by atoms with Crippen molar-refractivity contribution in [2.24, 2.45) is 33.0 Å². The van der Waals surface area contributed by atoms with E-state index in [2.05, 4.69) is 46.8 Å². The minimum atomic E-state index is -0.263. The summed E-state index contributed by atoms with van der Waals surface area (Å²) in [6, 6.07) is 0. The van der Waals surface area contributed by atoms with Gasteiger partial charge in [0.2, 0.25) is 5.78 Å². The molecule has 0 radical (unpaired) electrons. The highest BCUT2D eigenvalue weighted by Gasteiger charge is 2.67. The van der Waals surface area contributed by atoms with Gasteiger partial charge in [0.1, 0.15) is 0 Å². The lowest BCUT2D eigenvalue weighted by atomic mass is 9.34. The zero-order chi connectivity index (χ0) is 24.2. The van der Waals surface area contributed by atoms with Gasteiger partial charge in [0.05, 0.1) is 0 Å². The van der Waals surface area contributed by atoms with E-state index in [1.54, 1.807) is 6.08 Å². The maximum Gasteiger partial charge on any atom is 0.220 e. The molecule has 5 aliphatic carbocycles. The second kappa shape index (κ2) is 6.95. The highest BCUT2D eigenvalue weighted by molar-refractivity contribution is 14.1. The molecule has 4 heteroatoms. The number of aliphatic hydroxyl groups excluding tert-OH is 1. The summed E-state index contributed by atoms with van der Waals surface area (Å²) >= 11 is 2.04. The molecule has 0 aromatic carbocycles. The van der Waals surface area contributed by atoms with Gasteiger partial charge in [-0.2, -0.15) is 0 Å². The third kappa shape index (κ3) is 2.85. The average molecular weight is 561 g/mol. The Kier molecular flexibility index (Phi) is 4.96. The third-order valence-corrected chi connectivity index (χ3v) is 12.6. The van der Waals surface area contributed by atoms with Gasteiger partial charge in [-0.25, -0.2) is 0 Å². The number of halogens is 1. The average Bonchev–Trinajstić information content (AvgIpc) is 2.75. The topological polar surface area (TPSA) is 54.4 Å². The standard InChI is InChI=1S/C29H37IO3/c1-17-18-7-8-21-27(4,19(18)15-20(31)23(17)32)12-14-29(6)22-16-26(3,24(30)33)10-9-25(22,2)11-13-28(21,29)5/h7-8,15,22,32H,9-14,16H2,1-6H3. The molecule has 1 N–H and O–H groups in total. The second-order valence-corrected chi connectivity index (χ2v) is 13.9. The van der Waals surface area contributed by atoms with Gasteiger partial charge in [0.15, 0.2) is 9.55 Å². The van der Waals surface area contributed by atoms with E-state index >= 15 is 0 Å². The molecular weight excluding hydrogens is 523 g/mol. The summed E-state index contributed by atoms with van der Waals surface area (Å²) in [4.78, 5) is 25.3. The van der Waals surface area contributed by atoms with Crippen LogP contribution >= 0.6 is 22.6 Å². The lowest BCUT2D eigenvalue weighted by Gasteiger charge is -2.70. The minimum Gasteiger partial charge on any atom is -0.504 e. The molecule has 6 unspecified atom stereocenters. The first kappa shape index (κ1) is 23.6. The van der Waals surface area contributed by atoms with E-state index in [1.165, 1.54) is 12.0 Å². The predicted molar refractivity (Wildman–Crippen MR) is 140 cm³/mol. The van der Waals surface area contributed by atoms with E-state index in [4.69, 9.17) is 0 Å². The summed E-state index contributed by atoms with van der Waals surface area (Å²) in [5.41, 5.74) is 4.26. The highest BCUT2D eigenvalue weighted by atomic mass is 127. The smallest absolute Gasteiger partial charge is 0.220 e. The zero-order valence-corrected chi connectivity index (χ0v) is 23.1. The molecule has 0 spiro atoms. The van der Waals surface area contributed by atoms with Gasteiger partial charge >= 0.3 is 0 Å².